The van der Waals surface area contributed by atoms with Crippen LogP contribution in [-0.2, 0) is 60.7 Å². The molecule has 1 saturated heterocycles. The van der Waals surface area contributed by atoms with Crippen molar-refractivity contribution in [3.05, 3.63) is 64.9 Å². The van der Waals surface area contributed by atoms with Gasteiger partial charge in [-0.1, -0.05) is 12.1 Å². The summed E-state index contributed by atoms with van der Waals surface area (Å²) in [5.41, 5.74) is 7.62. The van der Waals surface area contributed by atoms with E-state index in [4.69, 9.17) is 29.8 Å². The molecule has 1 aromatic carbocycles. The average Bonchev–Trinajstić information content (AvgIpc) is 3.82. The third kappa shape index (κ3) is 15.3. The number of halogens is 1. The maximum absolute atomic E-state index is 13.8. The molecule has 1 aliphatic carbocycles. The maximum atomic E-state index is 13.8. The molecule has 4 heterocycles. The molecular weight excluding hydrogens is 950 g/mol. The van der Waals surface area contributed by atoms with Gasteiger partial charge in [-0.15, -0.1) is 0 Å². The summed E-state index contributed by atoms with van der Waals surface area (Å²) in [5, 5.41) is 19.4. The smallest absolute Gasteiger partial charge is 0.320 e. The van der Waals surface area contributed by atoms with Crippen LogP contribution in [0, 0.1) is 5.92 Å². The Kier molecular flexibility index (Phi) is 19.3. The molecule has 4 atom stereocenters. The van der Waals surface area contributed by atoms with Gasteiger partial charge in [0.25, 0.3) is 0 Å². The van der Waals surface area contributed by atoms with Crippen LogP contribution >= 0.6 is 15.9 Å². The Bertz CT molecular complexity index is 2430. The molecule has 1 saturated carbocycles. The summed E-state index contributed by atoms with van der Waals surface area (Å²) in [6.07, 6.45) is 6.17. The molecule has 22 heteroatoms. The third-order valence-electron chi connectivity index (χ3n) is 11.3. The largest absolute Gasteiger partial charge is 0.480 e. The Labute approximate surface area is 400 Å². The highest BCUT2D eigenvalue weighted by molar-refractivity contribution is 9.10. The van der Waals surface area contributed by atoms with Gasteiger partial charge in [-0.05, 0) is 77.4 Å². The normalized spacial score (nSPS) is 16.6. The number of Topliss-reactive ketones (excluding diaryl/α,β-unsaturated/α-hetero) is 3. The first-order valence-electron chi connectivity index (χ1n) is 22.4. The SMILES string of the molecule is CC(=O)c1nn(CC(=O)N2[C@@H]3C[C@@H]3C[C@H]2C(=O)Nc2cccc(Br)n2)c2ccc(-c3cnc(CCC(=O)COCCOCCNC(=O)COCCOCCCC(=O)CC[C@H](N)C(=O)O)nc3)cc12. The first kappa shape index (κ1) is 51.5. The fourth-order valence-corrected chi connectivity index (χ4v) is 8.03. The number of amides is 3. The minimum atomic E-state index is -1.13. The van der Waals surface area contributed by atoms with E-state index in [0.717, 1.165) is 12.0 Å². The summed E-state index contributed by atoms with van der Waals surface area (Å²) in [4.78, 5) is 102. The number of nitrogens with zero attached hydrogens (tertiary/aromatic N) is 6. The van der Waals surface area contributed by atoms with Gasteiger partial charge in [-0.25, -0.2) is 15.0 Å². The molecule has 4 aromatic rings. The van der Waals surface area contributed by atoms with Crippen molar-refractivity contribution in [2.24, 2.45) is 11.7 Å². The Balaban J connectivity index is 0.838. The van der Waals surface area contributed by atoms with E-state index in [0.29, 0.717) is 58.6 Å². The number of nitrogens with two attached hydrogens (primary N) is 1. The Hall–Kier alpha value is -5.91. The second-order valence-electron chi connectivity index (χ2n) is 16.5. The number of piperidine rings is 1. The van der Waals surface area contributed by atoms with Crippen LogP contribution in [0.1, 0.15) is 68.2 Å². The number of carboxylic acids is 1. The summed E-state index contributed by atoms with van der Waals surface area (Å²) in [5.74, 6) is -1.33. The molecular formula is C46H56BrN9O12. The molecule has 364 valence electrons. The van der Waals surface area contributed by atoms with Gasteiger partial charge in [0, 0.05) is 75.1 Å². The Morgan fingerprint density at radius 2 is 1.60 bits per heavy atom. The van der Waals surface area contributed by atoms with Gasteiger partial charge >= 0.3 is 5.97 Å². The Morgan fingerprint density at radius 3 is 2.34 bits per heavy atom. The zero-order valence-corrected chi connectivity index (χ0v) is 39.3. The molecule has 5 N–H and O–H groups in total. The highest BCUT2D eigenvalue weighted by Crippen LogP contribution is 2.48. The molecule has 0 spiro atoms. The molecule has 2 fully saturated rings. The predicted octanol–water partition coefficient (Wildman–Crippen LogP) is 2.71. The zero-order chi connectivity index (χ0) is 48.6. The van der Waals surface area contributed by atoms with Gasteiger partial charge < -0.3 is 45.3 Å². The highest BCUT2D eigenvalue weighted by atomic mass is 79.9. The predicted molar refractivity (Wildman–Crippen MR) is 247 cm³/mol. The number of aryl methyl sites for hydroxylation is 1. The molecule has 1 aliphatic heterocycles. The van der Waals surface area contributed by atoms with E-state index in [1.54, 1.807) is 41.6 Å². The van der Waals surface area contributed by atoms with Crippen LogP contribution < -0.4 is 16.4 Å². The lowest BCUT2D eigenvalue weighted by atomic mass is 10.0. The lowest BCUT2D eigenvalue weighted by Crippen LogP contribution is -2.46. The standard InChI is InChI=1S/C46H56BrN9O12/c1-28(57)44-34-20-29(7-11-36(34)55(54-44)25-43(61)56-37-21-30(37)22-38(56)45(62)53-41-6-2-5-39(47)52-41)31-23-50-40(51-24-31)12-9-33(59)26-67-18-17-66-15-13-49-42(60)27-68-19-16-65-14-3-4-32(58)8-10-35(48)46(63)64/h2,5-7,11,20,23-24,30,35,37-38H,3-4,8-10,12-19,21-22,25-27,48H2,1H3,(H,49,60)(H,63,64)(H,52,53,62)/t30-,35+,37-,38+/m1/s1. The third-order valence-corrected chi connectivity index (χ3v) is 11.7. The van der Waals surface area contributed by atoms with Crippen LogP contribution in [0.25, 0.3) is 22.0 Å². The van der Waals surface area contributed by atoms with E-state index in [-0.39, 0.29) is 138 Å². The molecule has 3 aromatic heterocycles. The van der Waals surface area contributed by atoms with Crippen LogP contribution in [0.3, 0.4) is 0 Å². The average molecular weight is 1010 g/mol. The number of nitrogens with one attached hydrogen (secondary N) is 2. The monoisotopic (exact) mass is 1010 g/mol. The number of ketones is 3. The molecule has 68 heavy (non-hydrogen) atoms. The fraction of sp³-hybridized carbons (Fsp3) is 0.500. The number of anilines is 1. The minimum absolute atomic E-state index is 0.0125. The van der Waals surface area contributed by atoms with E-state index in [1.165, 1.54) is 11.6 Å². The molecule has 6 rings (SSSR count). The van der Waals surface area contributed by atoms with Gasteiger partial charge in [-0.2, -0.15) is 5.10 Å². The van der Waals surface area contributed by atoms with Gasteiger partial charge in [0.1, 0.15) is 59.6 Å². The number of carbonyl (C=O) groups is 7. The summed E-state index contributed by atoms with van der Waals surface area (Å²) in [6, 6.07) is 8.96. The zero-order valence-electron chi connectivity index (χ0n) is 37.7. The van der Waals surface area contributed by atoms with Crippen molar-refractivity contribution in [2.75, 3.05) is 64.7 Å². The van der Waals surface area contributed by atoms with Crippen molar-refractivity contribution in [1.82, 2.24) is 34.9 Å². The first-order chi connectivity index (χ1) is 32.8. The van der Waals surface area contributed by atoms with Crippen molar-refractivity contribution < 1.29 is 57.6 Å². The number of likely N-dealkylation sites (tertiary alicyclic amines) is 1. The van der Waals surface area contributed by atoms with Crippen molar-refractivity contribution >= 4 is 73.7 Å². The first-order valence-corrected chi connectivity index (χ1v) is 23.2. The van der Waals surface area contributed by atoms with Crippen LogP contribution in [0.4, 0.5) is 5.82 Å². The second kappa shape index (κ2) is 25.5. The number of ether oxygens (including phenoxy) is 4. The number of aromatic nitrogens is 5. The van der Waals surface area contributed by atoms with Gasteiger partial charge in [-0.3, -0.25) is 38.2 Å². The number of carbonyl (C=O) groups excluding carboxylic acids is 6. The number of rotatable bonds is 30. The lowest BCUT2D eigenvalue weighted by Gasteiger charge is -2.26. The van der Waals surface area contributed by atoms with Crippen LogP contribution in [-0.4, -0.2) is 153 Å². The number of pyridine rings is 1. The van der Waals surface area contributed by atoms with E-state index in [2.05, 4.69) is 46.6 Å². The quantitative estimate of drug-likeness (QED) is 0.0332. The van der Waals surface area contributed by atoms with E-state index >= 15 is 0 Å². The fourth-order valence-electron chi connectivity index (χ4n) is 7.68. The van der Waals surface area contributed by atoms with Gasteiger partial charge in [0.05, 0.1) is 38.6 Å². The van der Waals surface area contributed by atoms with E-state index in [1.807, 2.05) is 12.1 Å². The van der Waals surface area contributed by atoms with Crippen molar-refractivity contribution in [1.29, 1.82) is 0 Å². The minimum Gasteiger partial charge on any atom is -0.480 e. The number of carboxylic acid groups (broad SMARTS) is 1. The van der Waals surface area contributed by atoms with Crippen LogP contribution in [0.2, 0.25) is 0 Å². The number of fused-ring (bicyclic) bond motifs is 2. The van der Waals surface area contributed by atoms with Crippen LogP contribution in [0.15, 0.2) is 53.4 Å². The molecule has 0 radical (unpaired) electrons. The number of hydrogen-bond donors (Lipinski definition) is 4. The molecule has 0 unspecified atom stereocenters. The molecule has 2 aliphatic rings. The molecule has 21 nitrogen and oxygen atoms in total. The second-order valence-corrected chi connectivity index (χ2v) is 17.3. The summed E-state index contributed by atoms with van der Waals surface area (Å²) >= 11 is 3.31. The van der Waals surface area contributed by atoms with Crippen molar-refractivity contribution in [2.45, 2.75) is 83.0 Å². The molecule has 3 amide bonds. The van der Waals surface area contributed by atoms with Crippen molar-refractivity contribution in [3.63, 3.8) is 0 Å². The molecule has 0 bridgehead atoms. The van der Waals surface area contributed by atoms with Gasteiger partial charge in [0.2, 0.25) is 17.7 Å². The summed E-state index contributed by atoms with van der Waals surface area (Å²) in [6.45, 7) is 2.74. The summed E-state index contributed by atoms with van der Waals surface area (Å²) < 4.78 is 23.6. The van der Waals surface area contributed by atoms with E-state index in [9.17, 15) is 33.6 Å². The summed E-state index contributed by atoms with van der Waals surface area (Å²) in [7, 11) is 0. The number of benzene rings is 1. The van der Waals surface area contributed by atoms with Gasteiger partial charge in [0.15, 0.2) is 11.6 Å². The Morgan fingerprint density at radius 1 is 0.868 bits per heavy atom. The topological polar surface area (TPSA) is 286 Å². The maximum Gasteiger partial charge on any atom is 0.320 e. The number of aliphatic carboxylic acids is 1. The van der Waals surface area contributed by atoms with E-state index < -0.39 is 18.1 Å². The lowest BCUT2D eigenvalue weighted by molar-refractivity contribution is -0.139. The number of hydrogen-bond acceptors (Lipinski definition) is 16. The van der Waals surface area contributed by atoms with Crippen LogP contribution in [0.5, 0.6) is 0 Å². The van der Waals surface area contributed by atoms with Crippen molar-refractivity contribution in [3.8, 4) is 11.1 Å². The highest BCUT2D eigenvalue weighted by Gasteiger charge is 2.56.